The molecule has 1 aromatic carbocycles. The van der Waals surface area contributed by atoms with E-state index >= 15 is 0 Å². The second-order valence-corrected chi connectivity index (χ2v) is 5.51. The predicted molar refractivity (Wildman–Crippen MR) is 79.1 cm³/mol. The fourth-order valence-electron chi connectivity index (χ4n) is 2.66. The molecule has 18 heavy (non-hydrogen) atoms. The van der Waals surface area contributed by atoms with E-state index in [1.165, 1.54) is 5.56 Å². The zero-order valence-corrected chi connectivity index (χ0v) is 11.7. The Morgan fingerprint density at radius 3 is 2.83 bits per heavy atom. The molecule has 1 saturated heterocycles. The summed E-state index contributed by atoms with van der Waals surface area (Å²) in [4.78, 5) is 2.73. The second kappa shape index (κ2) is 5.24. The molecule has 2 unspecified atom stereocenters. The minimum absolute atomic E-state index is 0.257. The lowest BCUT2D eigenvalue weighted by Gasteiger charge is -2.24. The summed E-state index contributed by atoms with van der Waals surface area (Å²) in [5.41, 5.74) is 9.06. The van der Waals surface area contributed by atoms with Crippen LogP contribution in [0.15, 0.2) is 18.2 Å². The van der Waals surface area contributed by atoms with Gasteiger partial charge in [-0.3, -0.25) is 0 Å². The van der Waals surface area contributed by atoms with Crippen LogP contribution in [0.5, 0.6) is 0 Å². The average molecular weight is 264 g/mol. The van der Waals surface area contributed by atoms with Crippen molar-refractivity contribution in [3.05, 3.63) is 29.3 Å². The average Bonchev–Trinajstić information content (AvgIpc) is 2.77. The van der Waals surface area contributed by atoms with Crippen LogP contribution in [0.4, 0.5) is 5.69 Å². The molecule has 0 aliphatic carbocycles. The molecule has 0 spiro atoms. The molecule has 1 fully saturated rings. The maximum atomic E-state index is 9.69. The van der Waals surface area contributed by atoms with Crippen LogP contribution in [0.3, 0.4) is 0 Å². The molecule has 4 heteroatoms. The zero-order chi connectivity index (χ0) is 13.3. The van der Waals surface area contributed by atoms with Gasteiger partial charge in [0, 0.05) is 30.3 Å². The summed E-state index contributed by atoms with van der Waals surface area (Å²) in [6, 6.07) is 6.03. The van der Waals surface area contributed by atoms with Gasteiger partial charge >= 0.3 is 0 Å². The topological polar surface area (TPSA) is 49.5 Å². The van der Waals surface area contributed by atoms with Crippen LogP contribution in [0.2, 0.25) is 0 Å². The molecule has 3 nitrogen and oxygen atoms in total. The quantitative estimate of drug-likeness (QED) is 0.818. The van der Waals surface area contributed by atoms with Gasteiger partial charge < -0.3 is 15.7 Å². The predicted octanol–water partition coefficient (Wildman–Crippen LogP) is 1.84. The monoisotopic (exact) mass is 264 g/mol. The number of aryl methyl sites for hydroxylation is 1. The minimum Gasteiger partial charge on any atom is -0.393 e. The molecule has 0 bridgehead atoms. The van der Waals surface area contributed by atoms with Crippen LogP contribution in [-0.2, 0) is 0 Å². The number of aliphatic hydroxyl groups excluding tert-OH is 1. The van der Waals surface area contributed by atoms with E-state index in [1.807, 2.05) is 19.1 Å². The Morgan fingerprint density at radius 1 is 1.56 bits per heavy atom. The van der Waals surface area contributed by atoms with E-state index in [4.69, 9.17) is 18.0 Å². The molecule has 0 aromatic heterocycles. The Bertz CT molecular complexity index is 459. The van der Waals surface area contributed by atoms with Gasteiger partial charge in [0.2, 0.25) is 0 Å². The Balaban J connectivity index is 2.32. The van der Waals surface area contributed by atoms with E-state index in [9.17, 15) is 5.11 Å². The highest BCUT2D eigenvalue weighted by atomic mass is 32.1. The van der Waals surface area contributed by atoms with E-state index in [2.05, 4.69) is 17.9 Å². The maximum absolute atomic E-state index is 9.69. The molecule has 3 N–H and O–H groups in total. The van der Waals surface area contributed by atoms with Gasteiger partial charge in [0.15, 0.2) is 0 Å². The number of rotatable bonds is 3. The maximum Gasteiger partial charge on any atom is 0.106 e. The molecule has 2 rings (SSSR count). The summed E-state index contributed by atoms with van der Waals surface area (Å²) in [6.45, 7) is 5.77. The smallest absolute Gasteiger partial charge is 0.106 e. The van der Waals surface area contributed by atoms with Crippen molar-refractivity contribution < 1.29 is 5.11 Å². The van der Waals surface area contributed by atoms with Crippen LogP contribution >= 0.6 is 12.2 Å². The molecule has 1 heterocycles. The fraction of sp³-hybridized carbons (Fsp3) is 0.500. The SMILES string of the molecule is Cc1cccc(C(N)=S)c1N1CCC(C(C)O)C1. The number of benzene rings is 1. The van der Waals surface area contributed by atoms with Crippen molar-refractivity contribution in [1.82, 2.24) is 0 Å². The largest absolute Gasteiger partial charge is 0.393 e. The highest BCUT2D eigenvalue weighted by molar-refractivity contribution is 7.80. The van der Waals surface area contributed by atoms with Crippen LogP contribution in [-0.4, -0.2) is 29.3 Å². The molecular formula is C14H20N2OS. The highest BCUT2D eigenvalue weighted by Crippen LogP contribution is 2.31. The summed E-state index contributed by atoms with van der Waals surface area (Å²) in [7, 11) is 0. The Hall–Kier alpha value is -1.13. The van der Waals surface area contributed by atoms with Gasteiger partial charge in [-0.25, -0.2) is 0 Å². The summed E-state index contributed by atoms with van der Waals surface area (Å²) < 4.78 is 0. The Morgan fingerprint density at radius 2 is 2.28 bits per heavy atom. The number of hydrogen-bond donors (Lipinski definition) is 2. The molecule has 0 saturated carbocycles. The molecule has 2 atom stereocenters. The first-order valence-corrected chi connectivity index (χ1v) is 6.74. The molecule has 0 amide bonds. The van der Waals surface area contributed by atoms with Crippen LogP contribution in [0, 0.1) is 12.8 Å². The third-order valence-corrected chi connectivity index (χ3v) is 3.95. The first-order valence-electron chi connectivity index (χ1n) is 6.33. The Kier molecular flexibility index (Phi) is 3.88. The normalized spacial score (nSPS) is 21.1. The van der Waals surface area contributed by atoms with Crippen molar-refractivity contribution in [3.8, 4) is 0 Å². The van der Waals surface area contributed by atoms with Gasteiger partial charge in [0.05, 0.1) is 6.10 Å². The van der Waals surface area contributed by atoms with E-state index in [0.717, 1.165) is 30.8 Å². The molecule has 1 aromatic rings. The lowest BCUT2D eigenvalue weighted by Crippen LogP contribution is -2.27. The number of nitrogens with zero attached hydrogens (tertiary/aromatic N) is 1. The van der Waals surface area contributed by atoms with E-state index < -0.39 is 0 Å². The standard InChI is InChI=1S/C14H20N2OS/c1-9-4-3-5-12(14(15)18)13(9)16-7-6-11(8-16)10(2)17/h3-5,10-11,17H,6-8H2,1-2H3,(H2,15,18). The summed E-state index contributed by atoms with van der Waals surface area (Å²) in [6.07, 6.45) is 0.760. The van der Waals surface area contributed by atoms with E-state index in [0.29, 0.717) is 10.9 Å². The number of thiocarbonyl (C=S) groups is 1. The van der Waals surface area contributed by atoms with Gasteiger partial charge in [-0.05, 0) is 31.9 Å². The number of aliphatic hydroxyl groups is 1. The number of para-hydroxylation sites is 1. The van der Waals surface area contributed by atoms with E-state index in [1.54, 1.807) is 0 Å². The zero-order valence-electron chi connectivity index (χ0n) is 10.9. The van der Waals surface area contributed by atoms with Gasteiger partial charge in [-0.15, -0.1) is 0 Å². The van der Waals surface area contributed by atoms with Gasteiger partial charge in [-0.1, -0.05) is 24.4 Å². The summed E-state index contributed by atoms with van der Waals surface area (Å²) in [5.74, 6) is 0.337. The Labute approximate surface area is 114 Å². The van der Waals surface area contributed by atoms with Crippen molar-refractivity contribution in [1.29, 1.82) is 0 Å². The second-order valence-electron chi connectivity index (χ2n) is 5.07. The van der Waals surface area contributed by atoms with E-state index in [-0.39, 0.29) is 6.10 Å². The molecule has 1 aliphatic rings. The summed E-state index contributed by atoms with van der Waals surface area (Å²) in [5, 5.41) is 9.69. The number of hydrogen-bond acceptors (Lipinski definition) is 3. The van der Waals surface area contributed by atoms with Gasteiger partial charge in [-0.2, -0.15) is 0 Å². The van der Waals surface area contributed by atoms with Crippen molar-refractivity contribution in [3.63, 3.8) is 0 Å². The van der Waals surface area contributed by atoms with Crippen molar-refractivity contribution >= 4 is 22.9 Å². The van der Waals surface area contributed by atoms with Crippen LogP contribution in [0.1, 0.15) is 24.5 Å². The first kappa shape index (κ1) is 13.3. The third-order valence-electron chi connectivity index (χ3n) is 3.73. The fourth-order valence-corrected chi connectivity index (χ4v) is 2.83. The lowest BCUT2D eigenvalue weighted by atomic mass is 10.0. The number of anilines is 1. The molecule has 98 valence electrons. The molecule has 1 aliphatic heterocycles. The lowest BCUT2D eigenvalue weighted by molar-refractivity contribution is 0.136. The molecular weight excluding hydrogens is 244 g/mol. The summed E-state index contributed by atoms with van der Waals surface area (Å²) >= 11 is 5.13. The van der Waals surface area contributed by atoms with Crippen molar-refractivity contribution in [2.24, 2.45) is 11.7 Å². The van der Waals surface area contributed by atoms with Crippen LogP contribution in [0.25, 0.3) is 0 Å². The van der Waals surface area contributed by atoms with Crippen molar-refractivity contribution in [2.45, 2.75) is 26.4 Å². The first-order chi connectivity index (χ1) is 8.50. The van der Waals surface area contributed by atoms with Crippen LogP contribution < -0.4 is 10.6 Å². The van der Waals surface area contributed by atoms with Gasteiger partial charge in [0.25, 0.3) is 0 Å². The number of nitrogens with two attached hydrogens (primary N) is 1. The highest BCUT2D eigenvalue weighted by Gasteiger charge is 2.28. The van der Waals surface area contributed by atoms with Crippen molar-refractivity contribution in [2.75, 3.05) is 18.0 Å². The minimum atomic E-state index is -0.257. The van der Waals surface area contributed by atoms with Gasteiger partial charge in [0.1, 0.15) is 4.99 Å². The third kappa shape index (κ3) is 2.49. The molecule has 0 radical (unpaired) electrons.